The fraction of sp³-hybridized carbons (Fsp3) is 0.385. The van der Waals surface area contributed by atoms with Gasteiger partial charge in [0.05, 0.1) is 6.54 Å². The molecule has 1 saturated carbocycles. The molecule has 0 saturated heterocycles. The van der Waals surface area contributed by atoms with Gasteiger partial charge in [0.1, 0.15) is 0 Å². The van der Waals surface area contributed by atoms with Gasteiger partial charge in [0.2, 0.25) is 5.91 Å². The molecule has 0 heterocycles. The molecule has 2 amide bonds. The number of anilines is 1. The second kappa shape index (κ2) is 5.61. The molecular weight excluding hydrogens is 310 g/mol. The SMILES string of the molecule is CN(CC(=O)NC1CC1)C(=O)c1ccc(N)c(Br)c1. The van der Waals surface area contributed by atoms with Crippen LogP contribution in [0.4, 0.5) is 5.69 Å². The van der Waals surface area contributed by atoms with Crippen LogP contribution in [-0.2, 0) is 4.79 Å². The molecule has 0 unspecified atom stereocenters. The number of carbonyl (C=O) groups is 2. The second-order valence-corrected chi connectivity index (χ2v) is 5.59. The fourth-order valence-corrected chi connectivity index (χ4v) is 2.05. The second-order valence-electron chi connectivity index (χ2n) is 4.74. The summed E-state index contributed by atoms with van der Waals surface area (Å²) in [6.45, 7) is 0.0668. The standard InChI is InChI=1S/C13H16BrN3O2/c1-17(7-12(18)16-9-3-4-9)13(19)8-2-5-11(15)10(14)6-8/h2,5-6,9H,3-4,7,15H2,1H3,(H,16,18). The van der Waals surface area contributed by atoms with Gasteiger partial charge in [-0.2, -0.15) is 0 Å². The van der Waals surface area contributed by atoms with E-state index in [0.29, 0.717) is 21.8 Å². The maximum absolute atomic E-state index is 12.1. The van der Waals surface area contributed by atoms with Crippen molar-refractivity contribution in [3.8, 4) is 0 Å². The summed E-state index contributed by atoms with van der Waals surface area (Å²) in [5.41, 5.74) is 6.75. The van der Waals surface area contributed by atoms with E-state index >= 15 is 0 Å². The average molecular weight is 326 g/mol. The van der Waals surface area contributed by atoms with Crippen LogP contribution in [-0.4, -0.2) is 36.3 Å². The highest BCUT2D eigenvalue weighted by atomic mass is 79.9. The van der Waals surface area contributed by atoms with Gasteiger partial charge in [-0.3, -0.25) is 9.59 Å². The van der Waals surface area contributed by atoms with Crippen LogP contribution in [0, 0.1) is 0 Å². The minimum atomic E-state index is -0.202. The first kappa shape index (κ1) is 13.9. The van der Waals surface area contributed by atoms with Crippen LogP contribution in [0.25, 0.3) is 0 Å². The summed E-state index contributed by atoms with van der Waals surface area (Å²) < 4.78 is 0.675. The molecule has 5 nitrogen and oxygen atoms in total. The highest BCUT2D eigenvalue weighted by Crippen LogP contribution is 2.21. The van der Waals surface area contributed by atoms with Crippen molar-refractivity contribution in [1.82, 2.24) is 10.2 Å². The third-order valence-electron chi connectivity index (χ3n) is 2.92. The smallest absolute Gasteiger partial charge is 0.254 e. The quantitative estimate of drug-likeness (QED) is 0.821. The lowest BCUT2D eigenvalue weighted by molar-refractivity contribution is -0.121. The molecule has 1 aromatic rings. The molecule has 0 atom stereocenters. The molecular formula is C13H16BrN3O2. The van der Waals surface area contributed by atoms with E-state index in [4.69, 9.17) is 5.73 Å². The number of hydrogen-bond acceptors (Lipinski definition) is 3. The zero-order valence-electron chi connectivity index (χ0n) is 10.6. The lowest BCUT2D eigenvalue weighted by Gasteiger charge is -2.17. The summed E-state index contributed by atoms with van der Waals surface area (Å²) in [4.78, 5) is 25.2. The molecule has 2 rings (SSSR count). The molecule has 1 aliphatic carbocycles. The Balaban J connectivity index is 1.97. The number of nitrogens with two attached hydrogens (primary N) is 1. The summed E-state index contributed by atoms with van der Waals surface area (Å²) >= 11 is 3.28. The molecule has 3 N–H and O–H groups in total. The van der Waals surface area contributed by atoms with Crippen LogP contribution in [0.5, 0.6) is 0 Å². The van der Waals surface area contributed by atoms with E-state index in [-0.39, 0.29) is 18.4 Å². The van der Waals surface area contributed by atoms with Crippen molar-refractivity contribution in [3.63, 3.8) is 0 Å². The molecule has 0 aliphatic heterocycles. The van der Waals surface area contributed by atoms with E-state index in [1.807, 2.05) is 0 Å². The lowest BCUT2D eigenvalue weighted by atomic mass is 10.2. The van der Waals surface area contributed by atoms with Crippen molar-refractivity contribution in [3.05, 3.63) is 28.2 Å². The zero-order valence-corrected chi connectivity index (χ0v) is 12.2. The Hall–Kier alpha value is -1.56. The first-order valence-electron chi connectivity index (χ1n) is 6.07. The number of likely N-dealkylation sites (N-methyl/N-ethyl adjacent to an activating group) is 1. The molecule has 0 bridgehead atoms. The number of nitrogens with zero attached hydrogens (tertiary/aromatic N) is 1. The Morgan fingerprint density at radius 1 is 1.47 bits per heavy atom. The molecule has 1 fully saturated rings. The van der Waals surface area contributed by atoms with Gasteiger partial charge in [-0.1, -0.05) is 0 Å². The Labute approximate surface area is 120 Å². The number of benzene rings is 1. The average Bonchev–Trinajstić information content (AvgIpc) is 3.15. The monoisotopic (exact) mass is 325 g/mol. The number of nitrogen functional groups attached to an aromatic ring is 1. The Kier molecular flexibility index (Phi) is 4.09. The van der Waals surface area contributed by atoms with Gasteiger partial charge in [-0.05, 0) is 47.0 Å². The van der Waals surface area contributed by atoms with E-state index in [2.05, 4.69) is 21.2 Å². The van der Waals surface area contributed by atoms with Crippen LogP contribution in [0.15, 0.2) is 22.7 Å². The third-order valence-corrected chi connectivity index (χ3v) is 3.60. The largest absolute Gasteiger partial charge is 0.398 e. The number of nitrogens with one attached hydrogen (secondary N) is 1. The summed E-state index contributed by atoms with van der Waals surface area (Å²) in [7, 11) is 1.61. The number of rotatable bonds is 4. The van der Waals surface area contributed by atoms with Crippen LogP contribution >= 0.6 is 15.9 Å². The number of hydrogen-bond donors (Lipinski definition) is 2. The molecule has 0 spiro atoms. The first-order valence-corrected chi connectivity index (χ1v) is 6.86. The van der Waals surface area contributed by atoms with Crippen molar-refractivity contribution in [2.24, 2.45) is 0 Å². The summed E-state index contributed by atoms with van der Waals surface area (Å²) in [5.74, 6) is -0.320. The van der Waals surface area contributed by atoms with Crippen LogP contribution in [0.2, 0.25) is 0 Å². The first-order chi connectivity index (χ1) is 8.97. The van der Waals surface area contributed by atoms with Crippen molar-refractivity contribution in [2.75, 3.05) is 19.3 Å². The van der Waals surface area contributed by atoms with E-state index in [1.165, 1.54) is 4.90 Å². The summed E-state index contributed by atoms with van der Waals surface area (Å²) in [6, 6.07) is 5.28. The summed E-state index contributed by atoms with van der Waals surface area (Å²) in [6.07, 6.45) is 2.07. The number of halogens is 1. The third kappa shape index (κ3) is 3.70. The molecule has 6 heteroatoms. The van der Waals surface area contributed by atoms with Crippen molar-refractivity contribution < 1.29 is 9.59 Å². The van der Waals surface area contributed by atoms with Crippen molar-refractivity contribution >= 4 is 33.4 Å². The minimum absolute atomic E-state index is 0.0668. The lowest BCUT2D eigenvalue weighted by Crippen LogP contribution is -2.39. The van der Waals surface area contributed by atoms with Gasteiger partial charge >= 0.3 is 0 Å². The fourth-order valence-electron chi connectivity index (χ4n) is 1.67. The maximum Gasteiger partial charge on any atom is 0.254 e. The minimum Gasteiger partial charge on any atom is -0.398 e. The highest BCUT2D eigenvalue weighted by molar-refractivity contribution is 9.10. The van der Waals surface area contributed by atoms with Crippen molar-refractivity contribution in [2.45, 2.75) is 18.9 Å². The van der Waals surface area contributed by atoms with Gasteiger partial charge in [0.25, 0.3) is 5.91 Å². The number of carbonyl (C=O) groups excluding carboxylic acids is 2. The van der Waals surface area contributed by atoms with E-state index in [1.54, 1.807) is 25.2 Å². The van der Waals surface area contributed by atoms with Crippen molar-refractivity contribution in [1.29, 1.82) is 0 Å². The summed E-state index contributed by atoms with van der Waals surface area (Å²) in [5, 5.41) is 2.85. The molecule has 19 heavy (non-hydrogen) atoms. The van der Waals surface area contributed by atoms with E-state index in [0.717, 1.165) is 12.8 Å². The normalized spacial score (nSPS) is 14.0. The number of amides is 2. The van der Waals surface area contributed by atoms with E-state index < -0.39 is 0 Å². The van der Waals surface area contributed by atoms with Gasteiger partial charge in [0, 0.05) is 28.8 Å². The molecule has 102 valence electrons. The van der Waals surface area contributed by atoms with Crippen LogP contribution in [0.3, 0.4) is 0 Å². The van der Waals surface area contributed by atoms with Gasteiger partial charge < -0.3 is 16.0 Å². The topological polar surface area (TPSA) is 75.4 Å². The Bertz CT molecular complexity index is 515. The Morgan fingerprint density at radius 3 is 2.74 bits per heavy atom. The maximum atomic E-state index is 12.1. The predicted molar refractivity (Wildman–Crippen MR) is 76.7 cm³/mol. The predicted octanol–water partition coefficient (Wildman–Crippen LogP) is 1.38. The highest BCUT2D eigenvalue weighted by Gasteiger charge is 2.24. The Morgan fingerprint density at radius 2 is 2.16 bits per heavy atom. The molecule has 0 radical (unpaired) electrons. The van der Waals surface area contributed by atoms with Crippen LogP contribution in [0.1, 0.15) is 23.2 Å². The van der Waals surface area contributed by atoms with Gasteiger partial charge in [-0.15, -0.1) is 0 Å². The van der Waals surface area contributed by atoms with Crippen LogP contribution < -0.4 is 11.1 Å². The zero-order chi connectivity index (χ0) is 14.0. The van der Waals surface area contributed by atoms with Gasteiger partial charge in [0.15, 0.2) is 0 Å². The van der Waals surface area contributed by atoms with E-state index in [9.17, 15) is 9.59 Å². The molecule has 1 aliphatic rings. The molecule has 0 aromatic heterocycles. The van der Waals surface area contributed by atoms with Gasteiger partial charge in [-0.25, -0.2) is 0 Å². The molecule has 1 aromatic carbocycles.